The van der Waals surface area contributed by atoms with Crippen LogP contribution in [0.3, 0.4) is 0 Å². The molecule has 0 saturated heterocycles. The largest absolute Gasteiger partial charge is 0.756 e. The highest BCUT2D eigenvalue weighted by Crippen LogP contribution is 2.38. The molecule has 55 heavy (non-hydrogen) atoms. The maximum Gasteiger partial charge on any atom is 0.306 e. The van der Waals surface area contributed by atoms with Crippen LogP contribution in [0.15, 0.2) is 12.2 Å². The zero-order valence-corrected chi connectivity index (χ0v) is 36.4. The SMILES string of the molecule is CCCCCCCCCCCCCCCC(=O)OCC(COP(=O)([O-])OCC[N+](C)(C)C)OC(=O)CCCCCCCC(O)/C=C/C(O)C(O)CCCCC. The van der Waals surface area contributed by atoms with Crippen LogP contribution < -0.4 is 4.89 Å². The Morgan fingerprint density at radius 2 is 1.11 bits per heavy atom. The summed E-state index contributed by atoms with van der Waals surface area (Å²) in [4.78, 5) is 37.5. The number of hydrogen-bond acceptors (Lipinski definition) is 11. The lowest BCUT2D eigenvalue weighted by Gasteiger charge is -2.28. The summed E-state index contributed by atoms with van der Waals surface area (Å²) in [6, 6.07) is 0. The van der Waals surface area contributed by atoms with Crippen LogP contribution in [0.4, 0.5) is 0 Å². The van der Waals surface area contributed by atoms with Crippen LogP contribution in [0.25, 0.3) is 0 Å². The molecule has 0 amide bonds. The first-order valence-electron chi connectivity index (χ1n) is 21.7. The number of hydrogen-bond donors (Lipinski definition) is 3. The summed E-state index contributed by atoms with van der Waals surface area (Å²) in [5.74, 6) is -0.964. The van der Waals surface area contributed by atoms with Crippen molar-refractivity contribution >= 4 is 19.8 Å². The Morgan fingerprint density at radius 3 is 1.65 bits per heavy atom. The Balaban J connectivity index is 4.52. The molecule has 326 valence electrons. The van der Waals surface area contributed by atoms with E-state index < -0.39 is 50.8 Å². The van der Waals surface area contributed by atoms with Crippen LogP contribution >= 0.6 is 7.82 Å². The molecule has 0 radical (unpaired) electrons. The fourth-order valence-corrected chi connectivity index (χ4v) is 6.67. The fourth-order valence-electron chi connectivity index (χ4n) is 5.94. The molecule has 3 N–H and O–H groups in total. The lowest BCUT2D eigenvalue weighted by molar-refractivity contribution is -0.870. The number of nitrogens with zero attached hydrogens (tertiary/aromatic N) is 1. The molecule has 0 fully saturated rings. The summed E-state index contributed by atoms with van der Waals surface area (Å²) in [5.41, 5.74) is 0. The molecule has 0 aliphatic heterocycles. The minimum atomic E-state index is -4.67. The van der Waals surface area contributed by atoms with Gasteiger partial charge in [-0.15, -0.1) is 0 Å². The smallest absolute Gasteiger partial charge is 0.306 e. The van der Waals surface area contributed by atoms with Crippen molar-refractivity contribution in [2.75, 3.05) is 47.5 Å². The molecule has 0 saturated carbocycles. The third-order valence-electron chi connectivity index (χ3n) is 9.55. The van der Waals surface area contributed by atoms with Gasteiger partial charge in [0.25, 0.3) is 7.82 Å². The number of likely N-dealkylation sites (N-methyl/N-ethyl adjacent to an activating group) is 1. The molecule has 13 heteroatoms. The molecular formula is C42H82NO11P. The highest BCUT2D eigenvalue weighted by atomic mass is 31.2. The van der Waals surface area contributed by atoms with Crippen molar-refractivity contribution in [1.29, 1.82) is 0 Å². The number of unbranched alkanes of at least 4 members (excludes halogenated alkanes) is 18. The van der Waals surface area contributed by atoms with Crippen LogP contribution in [-0.4, -0.2) is 104 Å². The summed E-state index contributed by atoms with van der Waals surface area (Å²) < 4.78 is 33.7. The molecule has 0 bridgehead atoms. The topological polar surface area (TPSA) is 172 Å². The van der Waals surface area contributed by atoms with E-state index in [0.717, 1.165) is 64.2 Å². The van der Waals surface area contributed by atoms with Crippen LogP contribution in [0, 0.1) is 0 Å². The summed E-state index contributed by atoms with van der Waals surface area (Å²) >= 11 is 0. The van der Waals surface area contributed by atoms with Gasteiger partial charge in [-0.3, -0.25) is 14.2 Å². The van der Waals surface area contributed by atoms with Gasteiger partial charge in [0.05, 0.1) is 46.1 Å². The van der Waals surface area contributed by atoms with Gasteiger partial charge in [0.15, 0.2) is 6.10 Å². The molecule has 12 nitrogen and oxygen atoms in total. The second-order valence-electron chi connectivity index (χ2n) is 16.2. The van der Waals surface area contributed by atoms with E-state index in [0.29, 0.717) is 36.7 Å². The molecule has 5 atom stereocenters. The summed E-state index contributed by atoms with van der Waals surface area (Å²) in [7, 11) is 1.05. The zero-order valence-electron chi connectivity index (χ0n) is 35.5. The Morgan fingerprint density at radius 1 is 0.636 bits per heavy atom. The van der Waals surface area contributed by atoms with Crippen molar-refractivity contribution in [3.05, 3.63) is 12.2 Å². The Bertz CT molecular complexity index is 1010. The number of carbonyl (C=O) groups is 2. The van der Waals surface area contributed by atoms with Gasteiger partial charge < -0.3 is 43.2 Å². The maximum atomic E-state index is 12.7. The van der Waals surface area contributed by atoms with Crippen molar-refractivity contribution in [1.82, 2.24) is 0 Å². The first-order valence-corrected chi connectivity index (χ1v) is 23.1. The van der Waals surface area contributed by atoms with Crippen molar-refractivity contribution in [3.63, 3.8) is 0 Å². The minimum absolute atomic E-state index is 0.0645. The third kappa shape index (κ3) is 36.7. The van der Waals surface area contributed by atoms with Crippen molar-refractivity contribution in [3.8, 4) is 0 Å². The standard InChI is InChI=1S/C42H82NO11P/c1-6-8-10-11-12-13-14-15-16-17-18-21-25-29-41(47)51-35-38(36-53-55(49,50)52-34-33-43(3,4)5)54-42(48)30-26-22-19-20-24-27-37(44)31-32-40(46)39(45)28-23-9-7-2/h31-32,37-40,44-46H,6-30,33-36H2,1-5H3/b32-31+. The molecule has 0 aromatic carbocycles. The van der Waals surface area contributed by atoms with Crippen molar-refractivity contribution in [2.45, 2.75) is 199 Å². The number of ether oxygens (including phenoxy) is 2. The van der Waals surface area contributed by atoms with Crippen LogP contribution in [0.1, 0.15) is 174 Å². The number of phosphoric ester groups is 1. The normalized spacial score (nSPS) is 15.4. The van der Waals surface area contributed by atoms with Crippen LogP contribution in [-0.2, 0) is 32.7 Å². The average Bonchev–Trinajstić information content (AvgIpc) is 3.12. The Labute approximate surface area is 334 Å². The highest BCUT2D eigenvalue weighted by molar-refractivity contribution is 7.45. The Kier molecular flexibility index (Phi) is 33.8. The predicted molar refractivity (Wildman–Crippen MR) is 217 cm³/mol. The van der Waals surface area contributed by atoms with Gasteiger partial charge in [-0.1, -0.05) is 148 Å². The second kappa shape index (κ2) is 34.7. The summed E-state index contributed by atoms with van der Waals surface area (Å²) in [5, 5.41) is 30.3. The molecule has 0 aromatic rings. The second-order valence-corrected chi connectivity index (χ2v) is 17.6. The lowest BCUT2D eigenvalue weighted by Crippen LogP contribution is -2.37. The number of carbonyl (C=O) groups excluding carboxylic acids is 2. The molecule has 0 rings (SSSR count). The number of aliphatic hydroxyl groups excluding tert-OH is 3. The van der Waals surface area contributed by atoms with E-state index >= 15 is 0 Å². The number of esters is 2. The molecule has 0 aliphatic carbocycles. The van der Waals surface area contributed by atoms with Crippen molar-refractivity contribution < 1.29 is 57.4 Å². The number of aliphatic hydroxyl groups is 3. The monoisotopic (exact) mass is 808 g/mol. The highest BCUT2D eigenvalue weighted by Gasteiger charge is 2.22. The Hall–Kier alpha value is -1.37. The number of rotatable bonds is 39. The number of quaternary nitrogens is 1. The van der Waals surface area contributed by atoms with Crippen LogP contribution in [0.5, 0.6) is 0 Å². The van der Waals surface area contributed by atoms with E-state index in [1.165, 1.54) is 69.9 Å². The molecule has 0 heterocycles. The summed E-state index contributed by atoms with van der Waals surface area (Å²) in [6.45, 7) is 3.86. The fraction of sp³-hybridized carbons (Fsp3) is 0.905. The lowest BCUT2D eigenvalue weighted by atomic mass is 10.0. The van der Waals surface area contributed by atoms with E-state index in [1.807, 2.05) is 21.1 Å². The van der Waals surface area contributed by atoms with E-state index in [2.05, 4.69) is 13.8 Å². The zero-order chi connectivity index (χ0) is 41.2. The third-order valence-corrected chi connectivity index (χ3v) is 10.5. The van der Waals surface area contributed by atoms with Gasteiger partial charge in [-0.05, 0) is 25.7 Å². The van der Waals surface area contributed by atoms with Crippen molar-refractivity contribution in [2.24, 2.45) is 0 Å². The van der Waals surface area contributed by atoms with Gasteiger partial charge in [0.2, 0.25) is 0 Å². The molecule has 0 spiro atoms. The minimum Gasteiger partial charge on any atom is -0.756 e. The molecule has 0 aromatic heterocycles. The average molecular weight is 808 g/mol. The van der Waals surface area contributed by atoms with Gasteiger partial charge in [0, 0.05) is 12.8 Å². The predicted octanol–water partition coefficient (Wildman–Crippen LogP) is 8.08. The van der Waals surface area contributed by atoms with Crippen LogP contribution in [0.2, 0.25) is 0 Å². The van der Waals surface area contributed by atoms with E-state index in [4.69, 9.17) is 18.5 Å². The van der Waals surface area contributed by atoms with E-state index in [9.17, 15) is 34.4 Å². The molecular weight excluding hydrogens is 725 g/mol. The first kappa shape index (κ1) is 53.6. The number of phosphoric acid groups is 1. The quantitative estimate of drug-likeness (QED) is 0.0180. The maximum absolute atomic E-state index is 12.7. The van der Waals surface area contributed by atoms with Gasteiger partial charge in [-0.2, -0.15) is 0 Å². The molecule has 5 unspecified atom stereocenters. The molecule has 0 aliphatic rings. The first-order chi connectivity index (χ1) is 26.2. The van der Waals surface area contributed by atoms with Gasteiger partial charge in [0.1, 0.15) is 19.8 Å². The van der Waals surface area contributed by atoms with Gasteiger partial charge >= 0.3 is 11.9 Å². The van der Waals surface area contributed by atoms with Gasteiger partial charge in [-0.25, -0.2) is 0 Å². The van der Waals surface area contributed by atoms with E-state index in [-0.39, 0.29) is 26.1 Å². The summed E-state index contributed by atoms with van der Waals surface area (Å²) in [6.07, 6.45) is 23.1. The van der Waals surface area contributed by atoms with E-state index in [1.54, 1.807) is 0 Å².